The molecule has 0 spiro atoms. The van der Waals surface area contributed by atoms with Crippen LogP contribution in [0.3, 0.4) is 0 Å². The predicted octanol–water partition coefficient (Wildman–Crippen LogP) is 4.80. The Kier molecular flexibility index (Phi) is 5.00. The Labute approximate surface area is 127 Å². The lowest BCUT2D eigenvalue weighted by Crippen LogP contribution is -2.17. The highest BCUT2D eigenvalue weighted by Gasteiger charge is 2.16. The first-order valence-electron chi connectivity index (χ1n) is 7.46. The van der Waals surface area contributed by atoms with Gasteiger partial charge in [0.1, 0.15) is 0 Å². The highest BCUT2D eigenvalue weighted by Crippen LogP contribution is 2.31. The topological polar surface area (TPSA) is 12.0 Å². The molecule has 2 heteroatoms. The third kappa shape index (κ3) is 2.97. The Morgan fingerprint density at radius 3 is 2.25 bits per heavy atom. The van der Waals surface area contributed by atoms with E-state index in [0.717, 1.165) is 12.8 Å². The molecule has 0 bridgehead atoms. The number of nitrogens with one attached hydrogen (secondary N) is 1. The molecule has 1 nitrogen and oxygen atoms in total. The summed E-state index contributed by atoms with van der Waals surface area (Å²) in [6, 6.07) is 9.59. The minimum atomic E-state index is 0.309. The lowest BCUT2D eigenvalue weighted by molar-refractivity contribution is 0.701. The van der Waals surface area contributed by atoms with Crippen LogP contribution in [-0.2, 0) is 12.8 Å². The fourth-order valence-corrected chi connectivity index (χ4v) is 3.90. The Bertz CT molecular complexity index is 564. The first-order chi connectivity index (χ1) is 9.60. The molecule has 0 radical (unpaired) electrons. The van der Waals surface area contributed by atoms with Gasteiger partial charge in [-0.05, 0) is 62.1 Å². The van der Waals surface area contributed by atoms with E-state index < -0.39 is 0 Å². The van der Waals surface area contributed by atoms with Crippen LogP contribution in [0.5, 0.6) is 0 Å². The molecule has 1 aromatic heterocycles. The lowest BCUT2D eigenvalue weighted by Gasteiger charge is -2.17. The van der Waals surface area contributed by atoms with E-state index in [1.165, 1.54) is 32.0 Å². The van der Waals surface area contributed by atoms with Crippen molar-refractivity contribution < 1.29 is 0 Å². The van der Waals surface area contributed by atoms with Crippen LogP contribution >= 0.6 is 11.3 Å². The van der Waals surface area contributed by atoms with E-state index in [0.29, 0.717) is 6.04 Å². The molecule has 0 fully saturated rings. The van der Waals surface area contributed by atoms with Crippen molar-refractivity contribution in [2.75, 3.05) is 7.05 Å². The van der Waals surface area contributed by atoms with Crippen molar-refractivity contribution in [3.05, 3.63) is 56.3 Å². The SMILES string of the molecule is CCc1ccc(C(NC)c2cc(C)c(C)s2)cc1CC. The summed E-state index contributed by atoms with van der Waals surface area (Å²) in [6.45, 7) is 8.87. The molecule has 0 aliphatic rings. The first kappa shape index (κ1) is 15.3. The van der Waals surface area contributed by atoms with Crippen LogP contribution in [-0.4, -0.2) is 7.05 Å². The van der Waals surface area contributed by atoms with Crippen LogP contribution in [0.2, 0.25) is 0 Å². The van der Waals surface area contributed by atoms with Crippen LogP contribution in [0.4, 0.5) is 0 Å². The van der Waals surface area contributed by atoms with E-state index in [4.69, 9.17) is 0 Å². The van der Waals surface area contributed by atoms with Crippen LogP contribution < -0.4 is 5.32 Å². The van der Waals surface area contributed by atoms with Crippen molar-refractivity contribution in [3.63, 3.8) is 0 Å². The fourth-order valence-electron chi connectivity index (χ4n) is 2.72. The molecule has 2 aromatic rings. The quantitative estimate of drug-likeness (QED) is 0.833. The van der Waals surface area contributed by atoms with Gasteiger partial charge < -0.3 is 5.32 Å². The molecule has 108 valence electrons. The number of benzene rings is 1. The lowest BCUT2D eigenvalue weighted by atomic mass is 9.96. The van der Waals surface area contributed by atoms with Gasteiger partial charge in [-0.1, -0.05) is 32.0 Å². The van der Waals surface area contributed by atoms with Gasteiger partial charge in [-0.15, -0.1) is 11.3 Å². The second-order valence-electron chi connectivity index (χ2n) is 5.34. The van der Waals surface area contributed by atoms with Gasteiger partial charge in [0.15, 0.2) is 0 Å². The Morgan fingerprint density at radius 2 is 1.75 bits per heavy atom. The molecule has 0 aliphatic carbocycles. The molecule has 0 saturated carbocycles. The average molecular weight is 287 g/mol. The maximum absolute atomic E-state index is 3.47. The minimum Gasteiger partial charge on any atom is -0.309 e. The number of hydrogen-bond donors (Lipinski definition) is 1. The van der Waals surface area contributed by atoms with Crippen molar-refractivity contribution in [2.45, 2.75) is 46.6 Å². The number of thiophene rings is 1. The molecule has 1 heterocycles. The second kappa shape index (κ2) is 6.55. The van der Waals surface area contributed by atoms with Crippen LogP contribution in [0.25, 0.3) is 0 Å². The van der Waals surface area contributed by atoms with Gasteiger partial charge in [-0.25, -0.2) is 0 Å². The summed E-state index contributed by atoms with van der Waals surface area (Å²) in [5.74, 6) is 0. The van der Waals surface area contributed by atoms with Gasteiger partial charge >= 0.3 is 0 Å². The van der Waals surface area contributed by atoms with Crippen LogP contribution in [0.1, 0.15) is 51.9 Å². The van der Waals surface area contributed by atoms with E-state index >= 15 is 0 Å². The van der Waals surface area contributed by atoms with E-state index in [2.05, 4.69) is 64.3 Å². The normalized spacial score (nSPS) is 12.7. The molecule has 1 aromatic carbocycles. The fraction of sp³-hybridized carbons (Fsp3) is 0.444. The standard InChI is InChI=1S/C18H25NS/c1-6-14-8-9-16(11-15(14)7-2)18(19-5)17-10-12(3)13(4)20-17/h8-11,18-19H,6-7H2,1-5H3. The molecule has 0 amide bonds. The monoisotopic (exact) mass is 287 g/mol. The van der Waals surface area contributed by atoms with Crippen molar-refractivity contribution in [3.8, 4) is 0 Å². The molecule has 2 rings (SSSR count). The summed E-state index contributed by atoms with van der Waals surface area (Å²) in [6.07, 6.45) is 2.22. The molecule has 20 heavy (non-hydrogen) atoms. The number of hydrogen-bond acceptors (Lipinski definition) is 2. The second-order valence-corrected chi connectivity index (χ2v) is 6.63. The third-order valence-electron chi connectivity index (χ3n) is 4.08. The van der Waals surface area contributed by atoms with Crippen molar-refractivity contribution in [1.29, 1.82) is 0 Å². The van der Waals surface area contributed by atoms with Gasteiger partial charge in [-0.3, -0.25) is 0 Å². The van der Waals surface area contributed by atoms with Gasteiger partial charge in [0.25, 0.3) is 0 Å². The van der Waals surface area contributed by atoms with Gasteiger partial charge in [-0.2, -0.15) is 0 Å². The highest BCUT2D eigenvalue weighted by molar-refractivity contribution is 7.12. The summed E-state index contributed by atoms with van der Waals surface area (Å²) >= 11 is 1.90. The largest absolute Gasteiger partial charge is 0.309 e. The zero-order valence-corrected chi connectivity index (χ0v) is 14.0. The number of rotatable bonds is 5. The maximum Gasteiger partial charge on any atom is 0.0668 e. The highest BCUT2D eigenvalue weighted by atomic mass is 32.1. The van der Waals surface area contributed by atoms with Crippen molar-refractivity contribution in [1.82, 2.24) is 5.32 Å². The summed E-state index contributed by atoms with van der Waals surface area (Å²) in [7, 11) is 2.05. The summed E-state index contributed by atoms with van der Waals surface area (Å²) in [4.78, 5) is 2.83. The number of aryl methyl sites for hydroxylation is 4. The minimum absolute atomic E-state index is 0.309. The van der Waals surface area contributed by atoms with Gasteiger partial charge in [0, 0.05) is 9.75 Å². The summed E-state index contributed by atoms with van der Waals surface area (Å²) in [5, 5.41) is 3.47. The third-order valence-corrected chi connectivity index (χ3v) is 5.30. The Balaban J connectivity index is 2.41. The first-order valence-corrected chi connectivity index (χ1v) is 8.28. The summed E-state index contributed by atoms with van der Waals surface area (Å²) < 4.78 is 0. The molecular formula is C18H25NS. The molecule has 0 aliphatic heterocycles. The average Bonchev–Trinajstić information content (AvgIpc) is 2.79. The van der Waals surface area contributed by atoms with E-state index in [1.54, 1.807) is 0 Å². The maximum atomic E-state index is 3.47. The van der Waals surface area contributed by atoms with Crippen LogP contribution in [0, 0.1) is 13.8 Å². The summed E-state index contributed by atoms with van der Waals surface area (Å²) in [5.41, 5.74) is 5.73. The molecule has 1 unspecified atom stereocenters. The van der Waals surface area contributed by atoms with Crippen molar-refractivity contribution >= 4 is 11.3 Å². The van der Waals surface area contributed by atoms with E-state index in [-0.39, 0.29) is 0 Å². The van der Waals surface area contributed by atoms with E-state index in [9.17, 15) is 0 Å². The van der Waals surface area contributed by atoms with Crippen molar-refractivity contribution in [2.24, 2.45) is 0 Å². The molecular weight excluding hydrogens is 262 g/mol. The predicted molar refractivity (Wildman–Crippen MR) is 89.9 cm³/mol. The molecule has 1 atom stereocenters. The molecule has 1 N–H and O–H groups in total. The van der Waals surface area contributed by atoms with Gasteiger partial charge in [0.2, 0.25) is 0 Å². The zero-order valence-electron chi connectivity index (χ0n) is 13.2. The van der Waals surface area contributed by atoms with E-state index in [1.807, 2.05) is 11.3 Å². The van der Waals surface area contributed by atoms with Gasteiger partial charge in [0.05, 0.1) is 6.04 Å². The van der Waals surface area contributed by atoms with Crippen LogP contribution in [0.15, 0.2) is 24.3 Å². The Hall–Kier alpha value is -1.12. The zero-order chi connectivity index (χ0) is 14.7. The smallest absolute Gasteiger partial charge is 0.0668 e. The Morgan fingerprint density at radius 1 is 1.05 bits per heavy atom. The molecule has 0 saturated heterocycles.